The van der Waals surface area contributed by atoms with Crippen molar-refractivity contribution in [1.29, 1.82) is 0 Å². The molecule has 0 aliphatic carbocycles. The topological polar surface area (TPSA) is 134 Å². The maximum Gasteiger partial charge on any atom is 0.340 e. The summed E-state index contributed by atoms with van der Waals surface area (Å²) in [7, 11) is 0. The predicted molar refractivity (Wildman–Crippen MR) is 199 cm³/mol. The lowest BCUT2D eigenvalue weighted by molar-refractivity contribution is 0.0518. The van der Waals surface area contributed by atoms with Crippen LogP contribution in [0.1, 0.15) is 34.6 Å². The molecule has 53 heavy (non-hydrogen) atoms. The second-order valence-electron chi connectivity index (χ2n) is 11.1. The number of pyridine rings is 2. The van der Waals surface area contributed by atoms with Crippen LogP contribution in [0.15, 0.2) is 88.3 Å². The first kappa shape index (κ1) is 37.2. The molecule has 270 valence electrons. The van der Waals surface area contributed by atoms with Gasteiger partial charge in [-0.15, -0.1) is 0 Å². The third-order valence-corrected chi connectivity index (χ3v) is 8.76. The van der Waals surface area contributed by atoms with E-state index >= 15 is 0 Å². The van der Waals surface area contributed by atoms with Gasteiger partial charge in [-0.2, -0.15) is 0 Å². The lowest BCUT2D eigenvalue weighted by Crippen LogP contribution is -2.10. The molecule has 0 saturated carbocycles. The number of nitrogen functional groups attached to an aromatic ring is 1. The Kier molecular flexibility index (Phi) is 10.9. The zero-order chi connectivity index (χ0) is 38.0. The number of hydrogen-bond donors (Lipinski definition) is 2. The fourth-order valence-corrected chi connectivity index (χ4v) is 6.46. The number of nitrogens with two attached hydrogens (primary N) is 1. The first-order chi connectivity index (χ1) is 25.4. The second kappa shape index (κ2) is 15.6. The van der Waals surface area contributed by atoms with Crippen LogP contribution in [0.2, 0.25) is 0 Å². The maximum atomic E-state index is 14.5. The summed E-state index contributed by atoms with van der Waals surface area (Å²) in [6, 6.07) is 13.7. The molecule has 0 amide bonds. The van der Waals surface area contributed by atoms with Gasteiger partial charge < -0.3 is 20.5 Å². The Morgan fingerprint density at radius 3 is 1.91 bits per heavy atom. The van der Waals surface area contributed by atoms with Gasteiger partial charge in [0, 0.05) is 21.3 Å². The van der Waals surface area contributed by atoms with Crippen LogP contribution in [-0.4, -0.2) is 44.7 Å². The average molecular weight is 854 g/mol. The molecule has 0 saturated heterocycles. The zero-order valence-electron chi connectivity index (χ0n) is 27.7. The molecule has 0 atom stereocenters. The van der Waals surface area contributed by atoms with Crippen molar-refractivity contribution in [3.63, 3.8) is 0 Å². The molecule has 0 aliphatic rings. The van der Waals surface area contributed by atoms with E-state index in [4.69, 9.17) is 15.2 Å². The van der Waals surface area contributed by atoms with Crippen LogP contribution in [0.5, 0.6) is 0 Å². The molecule has 3 heterocycles. The van der Waals surface area contributed by atoms with Crippen LogP contribution >= 0.6 is 31.9 Å². The lowest BCUT2D eigenvalue weighted by Gasteiger charge is -2.15. The fraction of sp³-hybridized carbons (Fsp3) is 0.108. The van der Waals surface area contributed by atoms with Crippen molar-refractivity contribution >= 4 is 93.7 Å². The number of anilines is 3. The number of esters is 2. The number of carbonyl (C=O) groups excluding carboxylic acids is 2. The summed E-state index contributed by atoms with van der Waals surface area (Å²) < 4.78 is 69.6. The average Bonchev–Trinajstić information content (AvgIpc) is 3.56. The Morgan fingerprint density at radius 1 is 0.698 bits per heavy atom. The van der Waals surface area contributed by atoms with Gasteiger partial charge in [-0.05, 0) is 74.5 Å². The van der Waals surface area contributed by atoms with E-state index < -0.39 is 35.2 Å². The molecule has 10 nitrogen and oxygen atoms in total. The van der Waals surface area contributed by atoms with Crippen molar-refractivity contribution < 1.29 is 36.6 Å². The van der Waals surface area contributed by atoms with Crippen LogP contribution in [0.25, 0.3) is 38.5 Å². The number of benzene rings is 4. The molecule has 3 aromatic heterocycles. The molecule has 0 radical (unpaired) electrons. The molecule has 7 rings (SSSR count). The number of nitrogens with zero attached hydrogens (tertiary/aromatic N) is 4. The standard InChI is InChI=1S/C19H12BrF2N3O2.C18H14BrF2N3O2/c1-2-27-19(26)11-7-10(20)8-15-17(11)24-9-25(15)14-5-6-23-18-13(22)4-3-12(21)16(14)18;1-2-26-18(25)10-7-9(19)8-14(16(10)22)24-13-5-6-23-17-12(21)4-3-11(20)15(13)17/h3-9H,2H2,1H3;3-8H,2,22H2,1H3,(H,23,24). The Morgan fingerprint density at radius 2 is 1.25 bits per heavy atom. The van der Waals surface area contributed by atoms with E-state index in [1.54, 1.807) is 42.7 Å². The third kappa shape index (κ3) is 7.37. The van der Waals surface area contributed by atoms with Gasteiger partial charge in [0.2, 0.25) is 0 Å². The van der Waals surface area contributed by atoms with Gasteiger partial charge in [-0.3, -0.25) is 14.5 Å². The summed E-state index contributed by atoms with van der Waals surface area (Å²) in [5.41, 5.74) is 8.41. The van der Waals surface area contributed by atoms with Crippen LogP contribution in [0.4, 0.5) is 34.6 Å². The van der Waals surface area contributed by atoms with Crippen LogP contribution in [-0.2, 0) is 9.47 Å². The summed E-state index contributed by atoms with van der Waals surface area (Å²) in [5.74, 6) is -3.57. The molecule has 0 bridgehead atoms. The second-order valence-corrected chi connectivity index (χ2v) is 12.9. The molecule has 0 aliphatic heterocycles. The third-order valence-electron chi connectivity index (χ3n) is 7.84. The normalized spacial score (nSPS) is 11.0. The molecular weight excluding hydrogens is 828 g/mol. The van der Waals surface area contributed by atoms with E-state index in [0.29, 0.717) is 31.4 Å². The number of carbonyl (C=O) groups is 2. The maximum absolute atomic E-state index is 14.5. The Hall–Kier alpha value is -5.61. The van der Waals surface area contributed by atoms with Crippen LogP contribution in [0, 0.1) is 23.3 Å². The predicted octanol–water partition coefficient (Wildman–Crippen LogP) is 9.57. The number of imidazole rings is 1. The Balaban J connectivity index is 0.000000182. The van der Waals surface area contributed by atoms with Gasteiger partial charge in [0.15, 0.2) is 0 Å². The van der Waals surface area contributed by atoms with Gasteiger partial charge in [0.25, 0.3) is 0 Å². The minimum atomic E-state index is -0.639. The van der Waals surface area contributed by atoms with Crippen molar-refractivity contribution in [2.75, 3.05) is 24.3 Å². The van der Waals surface area contributed by atoms with Crippen molar-refractivity contribution in [2.24, 2.45) is 0 Å². The summed E-state index contributed by atoms with van der Waals surface area (Å²) in [5, 5.41) is 2.98. The summed E-state index contributed by atoms with van der Waals surface area (Å²) in [6.45, 7) is 3.83. The van der Waals surface area contributed by atoms with Crippen LogP contribution in [0.3, 0.4) is 0 Å². The number of halogens is 6. The van der Waals surface area contributed by atoms with E-state index in [0.717, 1.165) is 24.3 Å². The van der Waals surface area contributed by atoms with Crippen LogP contribution < -0.4 is 11.1 Å². The molecule has 4 aromatic carbocycles. The number of aromatic nitrogens is 4. The van der Waals surface area contributed by atoms with Crippen molar-refractivity contribution in [3.05, 3.63) is 123 Å². The smallest absolute Gasteiger partial charge is 0.340 e. The van der Waals surface area contributed by atoms with Crippen molar-refractivity contribution in [1.82, 2.24) is 19.5 Å². The first-order valence-electron chi connectivity index (χ1n) is 15.8. The lowest BCUT2D eigenvalue weighted by atomic mass is 10.1. The molecule has 7 aromatic rings. The van der Waals surface area contributed by atoms with E-state index in [9.17, 15) is 27.2 Å². The van der Waals surface area contributed by atoms with E-state index in [1.807, 2.05) is 0 Å². The van der Waals surface area contributed by atoms with E-state index in [2.05, 4.69) is 52.1 Å². The van der Waals surface area contributed by atoms with Gasteiger partial charge in [-0.25, -0.2) is 32.1 Å². The minimum absolute atomic E-state index is 0.00967. The van der Waals surface area contributed by atoms with Gasteiger partial charge in [0.1, 0.15) is 46.1 Å². The number of fused-ring (bicyclic) bond motifs is 3. The van der Waals surface area contributed by atoms with Gasteiger partial charge in [0.05, 0.1) is 63.4 Å². The molecule has 16 heteroatoms. The highest BCUT2D eigenvalue weighted by Gasteiger charge is 2.21. The molecule has 0 fully saturated rings. The fourth-order valence-electron chi connectivity index (χ4n) is 5.56. The van der Waals surface area contributed by atoms with Crippen molar-refractivity contribution in [3.8, 4) is 5.69 Å². The summed E-state index contributed by atoms with van der Waals surface area (Å²) in [4.78, 5) is 36.5. The SMILES string of the molecule is CCOC(=O)c1cc(Br)cc(Nc2ccnc3c(F)ccc(F)c23)c1N.CCOC(=O)c1cc(Br)cc2c1ncn2-c1ccnc2c(F)ccc(F)c12. The summed E-state index contributed by atoms with van der Waals surface area (Å²) >= 11 is 6.68. The largest absolute Gasteiger partial charge is 0.462 e. The molecule has 3 N–H and O–H groups in total. The quantitative estimate of drug-likeness (QED) is 0.0914. The van der Waals surface area contributed by atoms with Gasteiger partial charge >= 0.3 is 11.9 Å². The van der Waals surface area contributed by atoms with Gasteiger partial charge in [-0.1, -0.05) is 31.9 Å². The number of ether oxygens (including phenoxy) is 2. The molecular formula is C37H26Br2F4N6O4. The number of nitrogens with one attached hydrogen (secondary N) is 1. The van der Waals surface area contributed by atoms with E-state index in [-0.39, 0.29) is 57.5 Å². The monoisotopic (exact) mass is 852 g/mol. The number of rotatable bonds is 7. The molecule has 0 spiro atoms. The Labute approximate surface area is 315 Å². The highest BCUT2D eigenvalue weighted by molar-refractivity contribution is 9.10. The minimum Gasteiger partial charge on any atom is -0.462 e. The Bertz CT molecular complexity index is 2570. The zero-order valence-corrected chi connectivity index (χ0v) is 30.9. The highest BCUT2D eigenvalue weighted by atomic mass is 79.9. The van der Waals surface area contributed by atoms with E-state index in [1.165, 1.54) is 30.9 Å². The first-order valence-corrected chi connectivity index (χ1v) is 17.3. The van der Waals surface area contributed by atoms with Crippen molar-refractivity contribution in [2.45, 2.75) is 13.8 Å². The summed E-state index contributed by atoms with van der Waals surface area (Å²) in [6.07, 6.45) is 4.21. The highest BCUT2D eigenvalue weighted by Crippen LogP contribution is 2.35. The molecule has 0 unspecified atom stereocenters. The number of hydrogen-bond acceptors (Lipinski definition) is 9.